The fourth-order valence-corrected chi connectivity index (χ4v) is 8.39. The van der Waals surface area contributed by atoms with Gasteiger partial charge in [-0.05, 0) is 55.3 Å². The Morgan fingerprint density at radius 1 is 0.885 bits per heavy atom. The lowest BCUT2D eigenvalue weighted by molar-refractivity contribution is -0.206. The summed E-state index contributed by atoms with van der Waals surface area (Å²) in [6.07, 6.45) is -1.18. The third-order valence-electron chi connectivity index (χ3n) is 10.8. The first-order valence-electron chi connectivity index (χ1n) is 17.4. The third kappa shape index (κ3) is 5.98. The van der Waals surface area contributed by atoms with Gasteiger partial charge in [0.25, 0.3) is 11.8 Å². The van der Waals surface area contributed by atoms with Crippen LogP contribution in [0.3, 0.4) is 0 Å². The number of esters is 2. The van der Waals surface area contributed by atoms with Gasteiger partial charge in [0.15, 0.2) is 29.8 Å². The van der Waals surface area contributed by atoms with E-state index in [0.717, 1.165) is 11.1 Å². The Balaban J connectivity index is 1.09. The number of likely N-dealkylation sites (tertiary alicyclic amines) is 1. The first-order chi connectivity index (χ1) is 25.1. The number of hydrogen-bond acceptors (Lipinski definition) is 11. The lowest BCUT2D eigenvalue weighted by Crippen LogP contribution is -2.75. The topological polar surface area (TPSA) is 184 Å². The summed E-state index contributed by atoms with van der Waals surface area (Å²) in [5.41, 5.74) is 0.353. The van der Waals surface area contributed by atoms with E-state index in [2.05, 4.69) is 15.5 Å². The van der Waals surface area contributed by atoms with Crippen LogP contribution < -0.4 is 15.4 Å². The smallest absolute Gasteiger partial charge is 0.312 e. The predicted octanol–water partition coefficient (Wildman–Crippen LogP) is 2.24. The SMILES string of the molecule is CN1CCC23c4c5ccc(O)c4OC2C(OC(=O)CCNC(=O)[C@@H](O)c2ccccc2)=CC[C@@]3(OC(=O)CCNC(=O)[C@@H](O)c2ccccc2)[C@H]1C5. The molecule has 272 valence electrons. The van der Waals surface area contributed by atoms with Crippen LogP contribution in [-0.4, -0.2) is 88.4 Å². The summed E-state index contributed by atoms with van der Waals surface area (Å²) in [7, 11) is 1.97. The summed E-state index contributed by atoms with van der Waals surface area (Å²) in [4.78, 5) is 54.2. The van der Waals surface area contributed by atoms with Gasteiger partial charge in [-0.15, -0.1) is 0 Å². The average molecular weight is 712 g/mol. The Kier molecular flexibility index (Phi) is 9.51. The van der Waals surface area contributed by atoms with Crippen molar-refractivity contribution in [1.82, 2.24) is 15.5 Å². The molecule has 2 aliphatic carbocycles. The molecule has 52 heavy (non-hydrogen) atoms. The molecule has 2 aliphatic heterocycles. The Hall–Kier alpha value is -5.24. The summed E-state index contributed by atoms with van der Waals surface area (Å²) in [5, 5.41) is 37.0. The molecule has 6 atom stereocenters. The molecule has 13 heteroatoms. The van der Waals surface area contributed by atoms with Crippen LogP contribution in [0.5, 0.6) is 11.5 Å². The second-order valence-corrected chi connectivity index (χ2v) is 13.7. The summed E-state index contributed by atoms with van der Waals surface area (Å²) >= 11 is 0. The maximum atomic E-state index is 13.7. The summed E-state index contributed by atoms with van der Waals surface area (Å²) < 4.78 is 18.9. The van der Waals surface area contributed by atoms with Crippen LogP contribution in [0.2, 0.25) is 0 Å². The van der Waals surface area contributed by atoms with Crippen molar-refractivity contribution in [2.75, 3.05) is 26.7 Å². The summed E-state index contributed by atoms with van der Waals surface area (Å²) in [6.45, 7) is 0.470. The molecule has 1 spiro atoms. The van der Waals surface area contributed by atoms with Gasteiger partial charge in [0.1, 0.15) is 11.4 Å². The number of carbonyl (C=O) groups is 4. The molecule has 2 bridgehead atoms. The number of ether oxygens (including phenoxy) is 3. The van der Waals surface area contributed by atoms with Crippen LogP contribution in [-0.2, 0) is 40.5 Å². The number of phenols is 1. The lowest BCUT2D eigenvalue weighted by Gasteiger charge is -2.62. The molecule has 4 aliphatic rings. The summed E-state index contributed by atoms with van der Waals surface area (Å²) in [5.74, 6) is -2.08. The minimum atomic E-state index is -1.39. The molecule has 0 saturated carbocycles. The zero-order valence-corrected chi connectivity index (χ0v) is 28.6. The van der Waals surface area contributed by atoms with Crippen molar-refractivity contribution in [3.63, 3.8) is 0 Å². The second-order valence-electron chi connectivity index (χ2n) is 13.7. The minimum Gasteiger partial charge on any atom is -0.504 e. The van der Waals surface area contributed by atoms with Gasteiger partial charge in [0.05, 0.1) is 24.3 Å². The Bertz CT molecular complexity index is 1900. The number of nitrogens with one attached hydrogen (secondary N) is 2. The maximum absolute atomic E-state index is 13.7. The Morgan fingerprint density at radius 3 is 2.10 bits per heavy atom. The zero-order chi connectivity index (χ0) is 36.6. The molecule has 3 aromatic carbocycles. The molecular formula is C39H41N3O10. The van der Waals surface area contributed by atoms with E-state index in [1.165, 1.54) is 0 Å². The average Bonchev–Trinajstić information content (AvgIpc) is 3.51. The fourth-order valence-electron chi connectivity index (χ4n) is 8.39. The number of piperidine rings is 1. The van der Waals surface area contributed by atoms with Crippen LogP contribution >= 0.6 is 0 Å². The third-order valence-corrected chi connectivity index (χ3v) is 10.8. The van der Waals surface area contributed by atoms with Crippen LogP contribution in [0.25, 0.3) is 0 Å². The molecule has 2 unspecified atom stereocenters. The van der Waals surface area contributed by atoms with E-state index in [9.17, 15) is 34.5 Å². The van der Waals surface area contributed by atoms with E-state index in [1.54, 1.807) is 72.8 Å². The number of rotatable bonds is 12. The zero-order valence-electron chi connectivity index (χ0n) is 28.6. The van der Waals surface area contributed by atoms with Crippen molar-refractivity contribution in [2.45, 2.75) is 67.5 Å². The number of benzene rings is 3. The van der Waals surface area contributed by atoms with Gasteiger partial charge in [-0.3, -0.25) is 24.1 Å². The number of carbonyl (C=O) groups excluding carboxylic acids is 4. The number of amides is 2. The number of aliphatic hydroxyl groups is 2. The van der Waals surface area contributed by atoms with E-state index in [-0.39, 0.29) is 55.7 Å². The largest absolute Gasteiger partial charge is 0.504 e. The normalized spacial score (nSPS) is 25.0. The molecular weight excluding hydrogens is 670 g/mol. The number of nitrogens with zero attached hydrogens (tertiary/aromatic N) is 1. The number of aromatic hydroxyl groups is 1. The molecule has 5 N–H and O–H groups in total. The van der Waals surface area contributed by atoms with Gasteiger partial charge in [-0.2, -0.15) is 0 Å². The fraction of sp³-hybridized carbons (Fsp3) is 0.385. The van der Waals surface area contributed by atoms with Crippen molar-refractivity contribution in [3.05, 3.63) is 107 Å². The highest BCUT2D eigenvalue weighted by atomic mass is 16.6. The van der Waals surface area contributed by atoms with Crippen LogP contribution in [0.4, 0.5) is 0 Å². The standard InChI is InChI=1S/C39H41N3O10/c1-42-21-18-38-31-25-12-13-26(43)34(31)51-35(38)27(50-29(44)15-19-40-36(48)32(46)23-8-4-2-5-9-23)14-17-39(38,28(42)22-25)52-30(45)16-20-41-37(49)33(47)24-10-6-3-7-11-24/h2-14,28,32-33,35,43,46-47H,15-22H2,1H3,(H,40,48)(H,41,49)/t28-,32+,33+,35?,38?,39-/m1/s1. The highest BCUT2D eigenvalue weighted by Crippen LogP contribution is 2.66. The minimum absolute atomic E-state index is 0.0642. The number of hydrogen-bond donors (Lipinski definition) is 5. The van der Waals surface area contributed by atoms with E-state index in [4.69, 9.17) is 14.2 Å². The van der Waals surface area contributed by atoms with Gasteiger partial charge in [0, 0.05) is 25.1 Å². The molecule has 0 aromatic heterocycles. The molecule has 1 saturated heterocycles. The highest BCUT2D eigenvalue weighted by molar-refractivity contribution is 5.83. The van der Waals surface area contributed by atoms with Crippen LogP contribution in [0, 0.1) is 0 Å². The summed E-state index contributed by atoms with van der Waals surface area (Å²) in [6, 6.07) is 20.1. The van der Waals surface area contributed by atoms with Gasteiger partial charge < -0.3 is 40.2 Å². The molecule has 2 amide bonds. The van der Waals surface area contributed by atoms with Crippen molar-refractivity contribution in [1.29, 1.82) is 0 Å². The second kappa shape index (κ2) is 14.1. The number of phenolic OH excluding ortho intramolecular Hbond substituents is 1. The van der Waals surface area contributed by atoms with E-state index >= 15 is 0 Å². The van der Waals surface area contributed by atoms with Crippen molar-refractivity contribution >= 4 is 23.8 Å². The maximum Gasteiger partial charge on any atom is 0.312 e. The van der Waals surface area contributed by atoms with Crippen molar-refractivity contribution in [3.8, 4) is 11.5 Å². The first-order valence-corrected chi connectivity index (χ1v) is 17.4. The predicted molar refractivity (Wildman–Crippen MR) is 185 cm³/mol. The van der Waals surface area contributed by atoms with Crippen LogP contribution in [0.15, 0.2) is 84.6 Å². The monoisotopic (exact) mass is 711 g/mol. The van der Waals surface area contributed by atoms with Gasteiger partial charge in [-0.25, -0.2) is 0 Å². The molecule has 1 fully saturated rings. The Morgan fingerprint density at radius 2 is 1.48 bits per heavy atom. The van der Waals surface area contributed by atoms with E-state index < -0.39 is 53.1 Å². The Labute approximate surface area is 300 Å². The molecule has 2 heterocycles. The van der Waals surface area contributed by atoms with Gasteiger partial charge in [0.2, 0.25) is 0 Å². The van der Waals surface area contributed by atoms with Crippen molar-refractivity contribution in [2.24, 2.45) is 0 Å². The molecule has 7 rings (SSSR count). The molecule has 0 radical (unpaired) electrons. The lowest BCUT2D eigenvalue weighted by atomic mass is 9.50. The van der Waals surface area contributed by atoms with Gasteiger partial charge in [-0.1, -0.05) is 66.7 Å². The van der Waals surface area contributed by atoms with E-state index in [1.807, 2.05) is 13.1 Å². The quantitative estimate of drug-likeness (QED) is 0.174. The first kappa shape index (κ1) is 35.2. The van der Waals surface area contributed by atoms with Crippen molar-refractivity contribution < 1.29 is 48.7 Å². The van der Waals surface area contributed by atoms with Gasteiger partial charge >= 0.3 is 11.9 Å². The molecule has 13 nitrogen and oxygen atoms in total. The number of likely N-dealkylation sites (N-methyl/N-ethyl adjacent to an activating group) is 1. The van der Waals surface area contributed by atoms with Crippen LogP contribution in [0.1, 0.15) is 60.1 Å². The van der Waals surface area contributed by atoms with E-state index in [0.29, 0.717) is 30.5 Å². The number of aliphatic hydroxyl groups excluding tert-OH is 2. The molecule has 3 aromatic rings. The highest BCUT2D eigenvalue weighted by Gasteiger charge is 2.74.